The van der Waals surface area contributed by atoms with Crippen LogP contribution in [0.1, 0.15) is 19.3 Å². The molecule has 0 rings (SSSR count). The first kappa shape index (κ1) is 8.43. The fraction of sp³-hybridized carbons (Fsp3) is 0.667. The standard InChI is InChI=1S/C6H11O3/c1-9-5-3-2-4-6(7)8/h1-5H2,(H,7,8). The van der Waals surface area contributed by atoms with Crippen molar-refractivity contribution in [1.82, 2.24) is 0 Å². The van der Waals surface area contributed by atoms with Gasteiger partial charge >= 0.3 is 5.97 Å². The van der Waals surface area contributed by atoms with Gasteiger partial charge in [0.1, 0.15) is 0 Å². The second-order valence-corrected chi connectivity index (χ2v) is 1.76. The van der Waals surface area contributed by atoms with Crippen molar-refractivity contribution in [2.24, 2.45) is 0 Å². The van der Waals surface area contributed by atoms with Gasteiger partial charge in [-0.25, -0.2) is 0 Å². The van der Waals surface area contributed by atoms with E-state index in [1.54, 1.807) is 0 Å². The van der Waals surface area contributed by atoms with Crippen molar-refractivity contribution in [2.75, 3.05) is 6.61 Å². The molecule has 0 aliphatic carbocycles. The Labute approximate surface area is 54.6 Å². The highest BCUT2D eigenvalue weighted by Gasteiger charge is 1.94. The number of unbranched alkanes of at least 4 members (excludes halogenated alkanes) is 1. The van der Waals surface area contributed by atoms with E-state index in [4.69, 9.17) is 5.11 Å². The van der Waals surface area contributed by atoms with Crippen molar-refractivity contribution in [3.63, 3.8) is 0 Å². The Bertz CT molecular complexity index is 80.4. The number of aliphatic carboxylic acids is 1. The van der Waals surface area contributed by atoms with Gasteiger partial charge in [-0.2, -0.15) is 0 Å². The average Bonchev–Trinajstić information content (AvgIpc) is 1.80. The Balaban J connectivity index is 2.83. The van der Waals surface area contributed by atoms with Crippen LogP contribution in [0.5, 0.6) is 0 Å². The molecule has 0 aromatic carbocycles. The third-order valence-corrected chi connectivity index (χ3v) is 0.929. The molecule has 0 atom stereocenters. The first-order chi connectivity index (χ1) is 4.27. The number of rotatable bonds is 5. The highest BCUT2D eigenvalue weighted by molar-refractivity contribution is 5.66. The van der Waals surface area contributed by atoms with Crippen LogP contribution in [0.25, 0.3) is 0 Å². The molecule has 0 heterocycles. The summed E-state index contributed by atoms with van der Waals surface area (Å²) in [5, 5.41) is 8.16. The summed E-state index contributed by atoms with van der Waals surface area (Å²) in [6, 6.07) is 0. The van der Waals surface area contributed by atoms with Crippen molar-refractivity contribution in [2.45, 2.75) is 19.3 Å². The molecule has 1 N–H and O–H groups in total. The molecule has 0 aromatic heterocycles. The number of hydrogen-bond acceptors (Lipinski definition) is 2. The molecule has 0 unspecified atom stereocenters. The molecule has 3 heteroatoms. The van der Waals surface area contributed by atoms with Crippen molar-refractivity contribution in [3.05, 3.63) is 7.11 Å². The van der Waals surface area contributed by atoms with Crippen molar-refractivity contribution in [1.29, 1.82) is 0 Å². The van der Waals surface area contributed by atoms with Crippen molar-refractivity contribution >= 4 is 5.97 Å². The first-order valence-electron chi connectivity index (χ1n) is 2.86. The highest BCUT2D eigenvalue weighted by Crippen LogP contribution is 1.94. The number of hydrogen-bond donors (Lipinski definition) is 1. The van der Waals surface area contributed by atoms with Gasteiger partial charge in [-0.15, -0.1) is 0 Å². The number of carboxylic acid groups (broad SMARTS) is 1. The second kappa shape index (κ2) is 5.56. The second-order valence-electron chi connectivity index (χ2n) is 1.76. The van der Waals surface area contributed by atoms with Crippen LogP contribution in [-0.4, -0.2) is 17.7 Å². The van der Waals surface area contributed by atoms with Crippen LogP contribution in [0.4, 0.5) is 0 Å². The van der Waals surface area contributed by atoms with Gasteiger partial charge in [0.15, 0.2) is 0 Å². The minimum absolute atomic E-state index is 0.226. The third kappa shape index (κ3) is 7.43. The molecule has 3 nitrogen and oxygen atoms in total. The Morgan fingerprint density at radius 2 is 2.22 bits per heavy atom. The summed E-state index contributed by atoms with van der Waals surface area (Å²) in [6.07, 6.45) is 1.67. The summed E-state index contributed by atoms with van der Waals surface area (Å²) < 4.78 is 4.48. The van der Waals surface area contributed by atoms with Crippen molar-refractivity contribution < 1.29 is 14.6 Å². The monoisotopic (exact) mass is 131 g/mol. The van der Waals surface area contributed by atoms with Crippen LogP contribution in [0.15, 0.2) is 0 Å². The molecule has 0 saturated heterocycles. The molecule has 53 valence electrons. The number of ether oxygens (including phenoxy) is 1. The molecule has 0 amide bonds. The van der Waals surface area contributed by atoms with E-state index in [0.29, 0.717) is 13.0 Å². The van der Waals surface area contributed by atoms with E-state index in [1.165, 1.54) is 0 Å². The minimum Gasteiger partial charge on any atom is -0.481 e. The van der Waals surface area contributed by atoms with Crippen LogP contribution in [0.2, 0.25) is 0 Å². The van der Waals surface area contributed by atoms with E-state index in [0.717, 1.165) is 6.42 Å². The predicted molar refractivity (Wildman–Crippen MR) is 32.8 cm³/mol. The van der Waals surface area contributed by atoms with Gasteiger partial charge in [-0.3, -0.25) is 4.79 Å². The van der Waals surface area contributed by atoms with Gasteiger partial charge in [0.25, 0.3) is 0 Å². The maximum Gasteiger partial charge on any atom is 0.303 e. The molecule has 9 heavy (non-hydrogen) atoms. The molecule has 0 aromatic rings. The van der Waals surface area contributed by atoms with Gasteiger partial charge in [0, 0.05) is 13.0 Å². The third-order valence-electron chi connectivity index (χ3n) is 0.929. The van der Waals surface area contributed by atoms with Gasteiger partial charge in [-0.1, -0.05) is 0 Å². The molecular formula is C6H11O3. The molecule has 0 bridgehead atoms. The highest BCUT2D eigenvalue weighted by atomic mass is 16.5. The molecule has 0 aliphatic rings. The SMILES string of the molecule is [CH2]OCCCCC(=O)O. The zero-order valence-electron chi connectivity index (χ0n) is 5.30. The lowest BCUT2D eigenvalue weighted by Crippen LogP contribution is -1.95. The molecule has 1 radical (unpaired) electrons. The summed E-state index contributed by atoms with van der Waals surface area (Å²) in [6.45, 7) is 0.549. The lowest BCUT2D eigenvalue weighted by molar-refractivity contribution is -0.137. The summed E-state index contributed by atoms with van der Waals surface area (Å²) >= 11 is 0. The Morgan fingerprint density at radius 1 is 1.56 bits per heavy atom. The first-order valence-corrected chi connectivity index (χ1v) is 2.86. The van der Waals surface area contributed by atoms with Crippen LogP contribution < -0.4 is 0 Å². The molecule has 0 fully saturated rings. The molecule has 0 aliphatic heterocycles. The van der Waals surface area contributed by atoms with Gasteiger partial charge in [-0.05, 0) is 12.8 Å². The lowest BCUT2D eigenvalue weighted by atomic mass is 10.2. The summed E-state index contributed by atoms with van der Waals surface area (Å²) in [5.41, 5.74) is 0. The van der Waals surface area contributed by atoms with Crippen LogP contribution >= 0.6 is 0 Å². The van der Waals surface area contributed by atoms with Crippen LogP contribution in [0, 0.1) is 7.11 Å². The van der Waals surface area contributed by atoms with Gasteiger partial charge < -0.3 is 9.84 Å². The topological polar surface area (TPSA) is 46.5 Å². The smallest absolute Gasteiger partial charge is 0.303 e. The van der Waals surface area contributed by atoms with E-state index in [-0.39, 0.29) is 6.42 Å². The van der Waals surface area contributed by atoms with E-state index in [2.05, 4.69) is 11.8 Å². The van der Waals surface area contributed by atoms with Crippen molar-refractivity contribution in [3.8, 4) is 0 Å². The maximum absolute atomic E-state index is 9.91. The van der Waals surface area contributed by atoms with Crippen LogP contribution in [-0.2, 0) is 9.53 Å². The normalized spacial score (nSPS) is 9.44. The van der Waals surface area contributed by atoms with Crippen LogP contribution in [0.3, 0.4) is 0 Å². The minimum atomic E-state index is -0.751. The quantitative estimate of drug-likeness (QED) is 0.567. The lowest BCUT2D eigenvalue weighted by Gasteiger charge is -1.94. The molecule has 0 spiro atoms. The number of carbonyl (C=O) groups is 1. The Hall–Kier alpha value is -0.570. The fourth-order valence-electron chi connectivity index (χ4n) is 0.480. The van der Waals surface area contributed by atoms with E-state index >= 15 is 0 Å². The van der Waals surface area contributed by atoms with E-state index in [1.807, 2.05) is 0 Å². The Morgan fingerprint density at radius 3 is 2.67 bits per heavy atom. The van der Waals surface area contributed by atoms with Gasteiger partial charge in [0.05, 0.1) is 7.11 Å². The maximum atomic E-state index is 9.91. The van der Waals surface area contributed by atoms with Gasteiger partial charge in [0.2, 0.25) is 0 Å². The summed E-state index contributed by atoms with van der Waals surface area (Å²) in [5.74, 6) is -0.751. The average molecular weight is 131 g/mol. The largest absolute Gasteiger partial charge is 0.481 e. The molecular weight excluding hydrogens is 120 g/mol. The summed E-state index contributed by atoms with van der Waals surface area (Å²) in [7, 11) is 3.15. The molecule has 0 saturated carbocycles. The summed E-state index contributed by atoms with van der Waals surface area (Å²) in [4.78, 5) is 9.91. The van der Waals surface area contributed by atoms with E-state index in [9.17, 15) is 4.79 Å². The van der Waals surface area contributed by atoms with E-state index < -0.39 is 5.97 Å². The number of carboxylic acids is 1. The fourth-order valence-corrected chi connectivity index (χ4v) is 0.480. The zero-order chi connectivity index (χ0) is 7.11. The predicted octanol–water partition coefficient (Wildman–Crippen LogP) is 1.05. The Kier molecular flexibility index (Phi) is 5.21. The zero-order valence-corrected chi connectivity index (χ0v) is 5.30.